The Morgan fingerprint density at radius 3 is 2.71 bits per heavy atom. The molecule has 2 aliphatic rings. The number of anilines is 2. The standard InChI is InChI=1S/C23H27F3N6O2/c1-27-23(33)18-4-5-20(22(26)30-18)32-8-6-31(7-9-32)12-15-2-3-17-19(10-15)28-14-34-13-16(29-17)11-21(24)25/h2-5,10,21,28H,6-9,11-14H2,1H3,(H,27,33). The van der Waals surface area contributed by atoms with Crippen LogP contribution in [0.2, 0.25) is 0 Å². The van der Waals surface area contributed by atoms with Crippen LogP contribution in [0, 0.1) is 5.95 Å². The zero-order valence-electron chi connectivity index (χ0n) is 18.9. The minimum absolute atomic E-state index is 0.0472. The van der Waals surface area contributed by atoms with Crippen LogP contribution in [0.25, 0.3) is 0 Å². The van der Waals surface area contributed by atoms with Crippen molar-refractivity contribution < 1.29 is 22.7 Å². The van der Waals surface area contributed by atoms with Crippen molar-refractivity contribution in [2.45, 2.75) is 19.4 Å². The second kappa shape index (κ2) is 10.8. The van der Waals surface area contributed by atoms with E-state index in [1.165, 1.54) is 13.1 Å². The molecule has 0 unspecified atom stereocenters. The summed E-state index contributed by atoms with van der Waals surface area (Å²) in [7, 11) is 1.47. The molecular formula is C23H27F3N6O2. The first-order valence-electron chi connectivity index (χ1n) is 11.1. The van der Waals surface area contributed by atoms with E-state index in [0.717, 1.165) is 24.3 Å². The van der Waals surface area contributed by atoms with Crippen molar-refractivity contribution in [3.63, 3.8) is 0 Å². The average molecular weight is 477 g/mol. The lowest BCUT2D eigenvalue weighted by molar-refractivity contribution is 0.0957. The number of nitrogens with zero attached hydrogens (tertiary/aromatic N) is 4. The Balaban J connectivity index is 1.38. The van der Waals surface area contributed by atoms with Crippen LogP contribution in [0.1, 0.15) is 22.5 Å². The lowest BCUT2D eigenvalue weighted by Gasteiger charge is -2.36. The third kappa shape index (κ3) is 5.84. The van der Waals surface area contributed by atoms with Crippen molar-refractivity contribution in [3.8, 4) is 0 Å². The van der Waals surface area contributed by atoms with E-state index < -0.39 is 24.7 Å². The zero-order chi connectivity index (χ0) is 24.1. The molecule has 0 radical (unpaired) electrons. The van der Waals surface area contributed by atoms with E-state index in [4.69, 9.17) is 4.74 Å². The fraction of sp³-hybridized carbons (Fsp3) is 0.435. The number of fused-ring (bicyclic) bond motifs is 1. The molecule has 8 nitrogen and oxygen atoms in total. The van der Waals surface area contributed by atoms with Gasteiger partial charge in [0.1, 0.15) is 12.4 Å². The Hall–Kier alpha value is -3.18. The van der Waals surface area contributed by atoms with E-state index in [1.54, 1.807) is 6.07 Å². The van der Waals surface area contributed by atoms with Crippen LogP contribution in [0.5, 0.6) is 0 Å². The van der Waals surface area contributed by atoms with Gasteiger partial charge < -0.3 is 20.3 Å². The molecule has 11 heteroatoms. The number of ether oxygens (including phenoxy) is 1. The predicted octanol–water partition coefficient (Wildman–Crippen LogP) is 3.03. The molecule has 2 aliphatic heterocycles. The topological polar surface area (TPSA) is 82.1 Å². The van der Waals surface area contributed by atoms with Gasteiger partial charge in [0, 0.05) is 46.2 Å². The summed E-state index contributed by atoms with van der Waals surface area (Å²) in [4.78, 5) is 24.0. The molecule has 2 N–H and O–H groups in total. The number of pyridine rings is 1. The number of rotatable bonds is 6. The largest absolute Gasteiger partial charge is 0.365 e. The molecule has 0 atom stereocenters. The number of aliphatic imine (C=N–C) groups is 1. The minimum Gasteiger partial charge on any atom is -0.365 e. The second-order valence-corrected chi connectivity index (χ2v) is 8.14. The van der Waals surface area contributed by atoms with Crippen LogP contribution >= 0.6 is 0 Å². The molecule has 1 saturated heterocycles. The second-order valence-electron chi connectivity index (χ2n) is 8.14. The third-order valence-electron chi connectivity index (χ3n) is 5.77. The summed E-state index contributed by atoms with van der Waals surface area (Å²) in [6.45, 7) is 3.67. The van der Waals surface area contributed by atoms with Gasteiger partial charge in [-0.15, -0.1) is 0 Å². The summed E-state index contributed by atoms with van der Waals surface area (Å²) in [5.74, 6) is -1.08. The van der Waals surface area contributed by atoms with Crippen LogP contribution in [-0.2, 0) is 11.3 Å². The molecule has 0 spiro atoms. The summed E-state index contributed by atoms with van der Waals surface area (Å²) in [6, 6.07) is 8.85. The third-order valence-corrected chi connectivity index (χ3v) is 5.77. The molecule has 1 aromatic carbocycles. The molecule has 1 fully saturated rings. The fourth-order valence-corrected chi connectivity index (χ4v) is 4.03. The van der Waals surface area contributed by atoms with E-state index in [9.17, 15) is 18.0 Å². The Labute approximate surface area is 195 Å². The van der Waals surface area contributed by atoms with E-state index in [1.807, 2.05) is 23.1 Å². The highest BCUT2D eigenvalue weighted by Crippen LogP contribution is 2.29. The highest BCUT2D eigenvalue weighted by atomic mass is 19.3. The van der Waals surface area contributed by atoms with Crippen LogP contribution in [0.15, 0.2) is 35.3 Å². The van der Waals surface area contributed by atoms with Crippen LogP contribution < -0.4 is 15.5 Å². The fourth-order valence-electron chi connectivity index (χ4n) is 4.03. The van der Waals surface area contributed by atoms with Gasteiger partial charge in [0.15, 0.2) is 0 Å². The number of nitrogens with one attached hydrogen (secondary N) is 2. The first kappa shape index (κ1) is 24.0. The van der Waals surface area contributed by atoms with Crippen molar-refractivity contribution in [1.29, 1.82) is 0 Å². The molecule has 0 saturated carbocycles. The van der Waals surface area contributed by atoms with Gasteiger partial charge in [0.05, 0.1) is 29.4 Å². The Bertz CT molecular complexity index is 1060. The number of carbonyl (C=O) groups excluding carboxylic acids is 1. The van der Waals surface area contributed by atoms with Gasteiger partial charge >= 0.3 is 0 Å². The van der Waals surface area contributed by atoms with E-state index in [-0.39, 0.29) is 19.0 Å². The van der Waals surface area contributed by atoms with Crippen molar-refractivity contribution in [2.75, 3.05) is 56.8 Å². The van der Waals surface area contributed by atoms with Gasteiger partial charge in [0.2, 0.25) is 12.4 Å². The molecule has 0 bridgehead atoms. The van der Waals surface area contributed by atoms with Gasteiger partial charge in [-0.3, -0.25) is 14.7 Å². The SMILES string of the molecule is CNC(=O)c1ccc(N2CCN(Cc3ccc4c(c3)NCOCC(CC(F)F)=N4)CC2)c(F)n1. The van der Waals surface area contributed by atoms with Crippen molar-refractivity contribution in [1.82, 2.24) is 15.2 Å². The summed E-state index contributed by atoms with van der Waals surface area (Å²) < 4.78 is 45.4. The molecule has 34 heavy (non-hydrogen) atoms. The summed E-state index contributed by atoms with van der Waals surface area (Å²) >= 11 is 0. The van der Waals surface area contributed by atoms with E-state index in [2.05, 4.69) is 25.5 Å². The maximum absolute atomic E-state index is 14.5. The molecule has 4 rings (SSSR count). The molecular weight excluding hydrogens is 449 g/mol. The number of piperazine rings is 1. The van der Waals surface area contributed by atoms with Crippen LogP contribution in [0.4, 0.5) is 30.2 Å². The first-order chi connectivity index (χ1) is 16.4. The quantitative estimate of drug-likeness (QED) is 0.624. The molecule has 2 aromatic rings. The number of halogens is 3. The van der Waals surface area contributed by atoms with Gasteiger partial charge in [-0.25, -0.2) is 13.8 Å². The number of alkyl halides is 2. The van der Waals surface area contributed by atoms with Gasteiger partial charge in [-0.2, -0.15) is 4.39 Å². The number of aromatic nitrogens is 1. The number of carbonyl (C=O) groups is 1. The van der Waals surface area contributed by atoms with Crippen molar-refractivity contribution >= 4 is 28.7 Å². The maximum Gasteiger partial charge on any atom is 0.269 e. The summed E-state index contributed by atoms with van der Waals surface area (Å²) in [5, 5.41) is 5.58. The maximum atomic E-state index is 14.5. The highest BCUT2D eigenvalue weighted by molar-refractivity contribution is 5.92. The Kier molecular flexibility index (Phi) is 7.63. The Morgan fingerprint density at radius 1 is 1.21 bits per heavy atom. The van der Waals surface area contributed by atoms with E-state index in [0.29, 0.717) is 36.7 Å². The van der Waals surface area contributed by atoms with Crippen molar-refractivity contribution in [2.24, 2.45) is 4.99 Å². The number of benzene rings is 1. The van der Waals surface area contributed by atoms with Crippen LogP contribution in [0.3, 0.4) is 0 Å². The Morgan fingerprint density at radius 2 is 2.00 bits per heavy atom. The summed E-state index contributed by atoms with van der Waals surface area (Å²) in [6.07, 6.45) is -2.87. The summed E-state index contributed by atoms with van der Waals surface area (Å²) in [5.41, 5.74) is 3.17. The van der Waals surface area contributed by atoms with Gasteiger partial charge in [-0.05, 0) is 29.8 Å². The monoisotopic (exact) mass is 476 g/mol. The molecule has 3 heterocycles. The van der Waals surface area contributed by atoms with Gasteiger partial charge in [-0.1, -0.05) is 6.07 Å². The molecule has 182 valence electrons. The van der Waals surface area contributed by atoms with Gasteiger partial charge in [0.25, 0.3) is 5.91 Å². The minimum atomic E-state index is -2.46. The van der Waals surface area contributed by atoms with E-state index >= 15 is 0 Å². The van der Waals surface area contributed by atoms with Crippen LogP contribution in [-0.4, -0.2) is 74.5 Å². The van der Waals surface area contributed by atoms with Crippen molar-refractivity contribution in [3.05, 3.63) is 47.5 Å². The first-order valence-corrected chi connectivity index (χ1v) is 11.1. The lowest BCUT2D eigenvalue weighted by atomic mass is 10.1. The normalized spacial score (nSPS) is 16.9. The smallest absolute Gasteiger partial charge is 0.269 e. The average Bonchev–Trinajstić information content (AvgIpc) is 2.81. The molecule has 1 aromatic heterocycles. The lowest BCUT2D eigenvalue weighted by Crippen LogP contribution is -2.46. The highest BCUT2D eigenvalue weighted by Gasteiger charge is 2.22. The molecule has 1 amide bonds. The number of hydrogen-bond donors (Lipinski definition) is 2. The number of hydrogen-bond acceptors (Lipinski definition) is 7. The molecule has 0 aliphatic carbocycles. The number of amides is 1. The zero-order valence-corrected chi connectivity index (χ0v) is 18.9. The predicted molar refractivity (Wildman–Crippen MR) is 124 cm³/mol.